The van der Waals surface area contributed by atoms with Crippen LogP contribution < -0.4 is 15.8 Å². The number of amides is 4. The molecule has 1 aromatic carbocycles. The lowest BCUT2D eigenvalue weighted by atomic mass is 10.1. The fourth-order valence-corrected chi connectivity index (χ4v) is 6.43. The summed E-state index contributed by atoms with van der Waals surface area (Å²) in [6.07, 6.45) is 6.30. The summed E-state index contributed by atoms with van der Waals surface area (Å²) in [5.74, 6) is -2.46. The average Bonchev–Trinajstić information content (AvgIpc) is 3.36. The number of fused-ring (bicyclic) bond motifs is 2. The molecule has 1 saturated carbocycles. The summed E-state index contributed by atoms with van der Waals surface area (Å²) in [4.78, 5) is 52.9. The summed E-state index contributed by atoms with van der Waals surface area (Å²) < 4.78 is 32.8. The predicted molar refractivity (Wildman–Crippen MR) is 142 cm³/mol. The smallest absolute Gasteiger partial charge is 0.405 e. The standard InChI is InChI=1S/C27H36N4O7S/c28-26(35)38-22-14-8-3-1-2-7-12-20-18-27(20,29-23(32)21-13-9-16-31(21)24(22)33)25(34)30-39(36,37)17-15-19-10-5-4-6-11-19/h4-7,10-12,20-22H,1-3,8-9,13-18H2,(H2,28,35)(H,29,32)(H,30,34)/b12-7+. The van der Waals surface area contributed by atoms with Gasteiger partial charge in [-0.1, -0.05) is 48.9 Å². The monoisotopic (exact) mass is 560 g/mol. The number of benzene rings is 1. The van der Waals surface area contributed by atoms with Crippen molar-refractivity contribution in [3.63, 3.8) is 0 Å². The molecule has 1 aromatic rings. The summed E-state index contributed by atoms with van der Waals surface area (Å²) >= 11 is 0. The molecule has 0 bridgehead atoms. The molecule has 1 saturated heterocycles. The number of nitrogens with zero attached hydrogens (tertiary/aromatic N) is 1. The molecule has 212 valence electrons. The first-order valence-corrected chi connectivity index (χ1v) is 15.1. The van der Waals surface area contributed by atoms with Gasteiger partial charge in [0.15, 0.2) is 6.10 Å². The number of hydrogen-bond acceptors (Lipinski definition) is 7. The van der Waals surface area contributed by atoms with Gasteiger partial charge in [-0.3, -0.25) is 19.1 Å². The number of primary amides is 1. The number of aryl methyl sites for hydroxylation is 1. The predicted octanol–water partition coefficient (Wildman–Crippen LogP) is 1.53. The van der Waals surface area contributed by atoms with Crippen LogP contribution in [0.5, 0.6) is 0 Å². The van der Waals surface area contributed by atoms with E-state index in [-0.39, 0.29) is 24.5 Å². The molecule has 1 aliphatic carbocycles. The summed E-state index contributed by atoms with van der Waals surface area (Å²) in [5, 5.41) is 2.79. The van der Waals surface area contributed by atoms with E-state index < -0.39 is 51.5 Å². The first-order chi connectivity index (χ1) is 18.6. The Balaban J connectivity index is 1.51. The molecule has 3 aliphatic rings. The molecule has 4 atom stereocenters. The Kier molecular flexibility index (Phi) is 8.94. The maximum atomic E-state index is 13.4. The lowest BCUT2D eigenvalue weighted by Gasteiger charge is -2.29. The van der Waals surface area contributed by atoms with Crippen LogP contribution in [0.4, 0.5) is 4.79 Å². The minimum absolute atomic E-state index is 0.236. The van der Waals surface area contributed by atoms with Gasteiger partial charge in [0.2, 0.25) is 15.9 Å². The second kappa shape index (κ2) is 12.2. The molecule has 4 unspecified atom stereocenters. The number of nitrogens with one attached hydrogen (secondary N) is 2. The van der Waals surface area contributed by atoms with E-state index in [4.69, 9.17) is 10.5 Å². The molecule has 4 N–H and O–H groups in total. The van der Waals surface area contributed by atoms with Crippen LogP contribution in [0, 0.1) is 5.92 Å². The van der Waals surface area contributed by atoms with Crippen LogP contribution in [0.3, 0.4) is 0 Å². The second-order valence-corrected chi connectivity index (χ2v) is 12.3. The second-order valence-electron chi connectivity index (χ2n) is 10.4. The number of nitrogens with two attached hydrogens (primary N) is 1. The minimum atomic E-state index is -3.97. The molecular formula is C27H36N4O7S. The molecular weight excluding hydrogens is 524 g/mol. The molecule has 39 heavy (non-hydrogen) atoms. The molecule has 4 amide bonds. The Bertz CT molecular complexity index is 1220. The molecule has 12 heteroatoms. The number of carbonyl (C=O) groups is 4. The minimum Gasteiger partial charge on any atom is -0.436 e. The Morgan fingerprint density at radius 3 is 2.62 bits per heavy atom. The molecule has 0 aromatic heterocycles. The van der Waals surface area contributed by atoms with Crippen LogP contribution in [-0.4, -0.2) is 67.1 Å². The van der Waals surface area contributed by atoms with Crippen molar-refractivity contribution in [2.75, 3.05) is 12.3 Å². The van der Waals surface area contributed by atoms with E-state index in [2.05, 4.69) is 10.0 Å². The van der Waals surface area contributed by atoms with Crippen LogP contribution in [-0.2, 0) is 35.6 Å². The van der Waals surface area contributed by atoms with Crippen molar-refractivity contribution in [3.8, 4) is 0 Å². The van der Waals surface area contributed by atoms with Crippen LogP contribution in [0.2, 0.25) is 0 Å². The third kappa shape index (κ3) is 7.17. The van der Waals surface area contributed by atoms with E-state index in [9.17, 15) is 27.6 Å². The Labute approximate surface area is 228 Å². The quantitative estimate of drug-likeness (QED) is 0.444. The average molecular weight is 561 g/mol. The zero-order valence-electron chi connectivity index (χ0n) is 21.8. The van der Waals surface area contributed by atoms with Gasteiger partial charge in [-0.15, -0.1) is 0 Å². The normalized spacial score (nSPS) is 28.6. The van der Waals surface area contributed by atoms with E-state index in [1.807, 2.05) is 42.5 Å². The highest BCUT2D eigenvalue weighted by atomic mass is 32.2. The number of rotatable bonds is 6. The van der Waals surface area contributed by atoms with Gasteiger partial charge in [0, 0.05) is 12.5 Å². The van der Waals surface area contributed by atoms with Gasteiger partial charge in [0.25, 0.3) is 11.8 Å². The summed E-state index contributed by atoms with van der Waals surface area (Å²) in [6, 6.07) is 8.21. The van der Waals surface area contributed by atoms with Gasteiger partial charge in [0.05, 0.1) is 5.75 Å². The van der Waals surface area contributed by atoms with Crippen molar-refractivity contribution in [1.82, 2.24) is 14.9 Å². The topological polar surface area (TPSA) is 165 Å². The molecule has 2 heterocycles. The van der Waals surface area contributed by atoms with E-state index in [1.165, 1.54) is 4.90 Å². The zero-order valence-corrected chi connectivity index (χ0v) is 22.7. The fraction of sp³-hybridized carbons (Fsp3) is 0.556. The van der Waals surface area contributed by atoms with Crippen molar-refractivity contribution in [2.45, 2.75) is 75.5 Å². The van der Waals surface area contributed by atoms with Gasteiger partial charge in [-0.25, -0.2) is 13.2 Å². The maximum absolute atomic E-state index is 13.4. The van der Waals surface area contributed by atoms with E-state index in [0.29, 0.717) is 38.6 Å². The molecule has 0 spiro atoms. The van der Waals surface area contributed by atoms with Crippen molar-refractivity contribution < 1.29 is 32.3 Å². The third-order valence-corrected chi connectivity index (χ3v) is 8.83. The Morgan fingerprint density at radius 1 is 1.10 bits per heavy atom. The molecule has 11 nitrogen and oxygen atoms in total. The number of sulfonamides is 1. The van der Waals surface area contributed by atoms with Crippen LogP contribution in [0.1, 0.15) is 56.9 Å². The SMILES string of the molecule is NC(=O)OC1CCCCC/C=C/C2CC2(C(=O)NS(=O)(=O)CCc2ccccc2)NC(=O)C2CCCN2C1=O. The Hall–Kier alpha value is -3.41. The van der Waals surface area contributed by atoms with Gasteiger partial charge >= 0.3 is 6.09 Å². The highest BCUT2D eigenvalue weighted by Gasteiger charge is 2.61. The summed E-state index contributed by atoms with van der Waals surface area (Å²) in [7, 11) is -3.97. The van der Waals surface area contributed by atoms with Gasteiger partial charge in [0.1, 0.15) is 11.6 Å². The van der Waals surface area contributed by atoms with Gasteiger partial charge < -0.3 is 20.7 Å². The number of hydrogen-bond donors (Lipinski definition) is 3. The van der Waals surface area contributed by atoms with Crippen molar-refractivity contribution in [3.05, 3.63) is 48.0 Å². The third-order valence-electron chi connectivity index (χ3n) is 7.59. The zero-order chi connectivity index (χ0) is 28.0. The Morgan fingerprint density at radius 2 is 1.87 bits per heavy atom. The molecule has 4 rings (SSSR count). The maximum Gasteiger partial charge on any atom is 0.405 e. The molecule has 0 radical (unpaired) electrons. The largest absolute Gasteiger partial charge is 0.436 e. The van der Waals surface area contributed by atoms with E-state index in [1.54, 1.807) is 0 Å². The highest BCUT2D eigenvalue weighted by molar-refractivity contribution is 7.90. The van der Waals surface area contributed by atoms with Gasteiger partial charge in [-0.2, -0.15) is 0 Å². The summed E-state index contributed by atoms with van der Waals surface area (Å²) in [5.41, 5.74) is 4.60. The van der Waals surface area contributed by atoms with Crippen LogP contribution in [0.15, 0.2) is 42.5 Å². The van der Waals surface area contributed by atoms with Crippen LogP contribution in [0.25, 0.3) is 0 Å². The highest BCUT2D eigenvalue weighted by Crippen LogP contribution is 2.45. The van der Waals surface area contributed by atoms with Crippen molar-refractivity contribution in [1.29, 1.82) is 0 Å². The van der Waals surface area contributed by atoms with Crippen LogP contribution >= 0.6 is 0 Å². The molecule has 2 fully saturated rings. The lowest BCUT2D eigenvalue weighted by molar-refractivity contribution is -0.146. The lowest BCUT2D eigenvalue weighted by Crippen LogP contribution is -2.57. The van der Waals surface area contributed by atoms with E-state index >= 15 is 0 Å². The molecule has 2 aliphatic heterocycles. The van der Waals surface area contributed by atoms with Crippen molar-refractivity contribution in [2.24, 2.45) is 11.7 Å². The summed E-state index contributed by atoms with van der Waals surface area (Å²) in [6.45, 7) is 0.298. The first kappa shape index (κ1) is 28.6. The number of carbonyl (C=O) groups excluding carboxylic acids is 4. The number of ether oxygens (including phenoxy) is 1. The van der Waals surface area contributed by atoms with E-state index in [0.717, 1.165) is 18.4 Å². The number of allylic oxidation sites excluding steroid dienone is 1. The van der Waals surface area contributed by atoms with Crippen molar-refractivity contribution >= 4 is 33.8 Å². The van der Waals surface area contributed by atoms with Gasteiger partial charge in [-0.05, 0) is 56.9 Å². The fourth-order valence-electron chi connectivity index (χ4n) is 5.36. The first-order valence-electron chi connectivity index (χ1n) is 13.5.